The molecule has 0 spiro atoms. The maximum Gasteiger partial charge on any atom is 0 e. The van der Waals surface area contributed by atoms with Crippen molar-refractivity contribution in [2.45, 2.75) is 44.0 Å². The van der Waals surface area contributed by atoms with Gasteiger partial charge in [0.1, 0.15) is 11.2 Å². The van der Waals surface area contributed by atoms with Crippen LogP contribution in [0.15, 0.2) is 112 Å². The minimum absolute atomic E-state index is 0. The zero-order chi connectivity index (χ0) is 32.0. The Morgan fingerprint density at radius 1 is 0.745 bits per heavy atom. The Balaban J connectivity index is 0.000000194. The zero-order valence-electron chi connectivity index (χ0n) is 27.4. The van der Waals surface area contributed by atoms with Gasteiger partial charge >= 0.3 is 99.8 Å². The summed E-state index contributed by atoms with van der Waals surface area (Å²) in [6, 6.07) is 37.6. The van der Waals surface area contributed by atoms with Crippen LogP contribution in [0.2, 0.25) is 17.3 Å². The molecule has 0 bridgehead atoms. The Kier molecular flexibility index (Phi) is 9.26. The largest absolute Gasteiger partial charge is 0 e. The van der Waals surface area contributed by atoms with E-state index < -0.39 is 13.3 Å². The van der Waals surface area contributed by atoms with Gasteiger partial charge in [-0.3, -0.25) is 0 Å². The number of fused-ring (bicyclic) bond motifs is 7. The minimum Gasteiger partial charge on any atom is 0 e. The molecule has 0 amide bonds. The average Bonchev–Trinajstić information content (AvgIpc) is 3.62. The van der Waals surface area contributed by atoms with Crippen LogP contribution in [0.1, 0.15) is 30.9 Å². The standard InChI is InChI=1S/C27H20NO2.C14H16GeN.Ir/c1-15(2)17-10-11-28-21(13-17)20-14-24-25(18-6-4-5-7-22(18)29-24)26-19-9-8-16(3)12-23(19)30-27(20)26;1-15(2,3)13-9-10-14(16-11-13)12-7-5-4-6-8-12;/h4-13,15H,1-3H3;4-7,9-11H,1-3H3;/q2*-1;. The molecule has 237 valence electrons. The number of pyridine rings is 2. The SMILES string of the molecule is Cc1ccc2c(c1)oc1c(-c3cc(C(C)C)ccn3)[c-]c3oc4ccccc4c3c12.[CH3][Ge]([CH3])([CH3])[c]1ccc(-c2[c-]cccc2)nc1.[Ir]. The van der Waals surface area contributed by atoms with Crippen LogP contribution in [0, 0.1) is 19.1 Å². The molecular formula is C41H36GeIrN2O2-2. The summed E-state index contributed by atoms with van der Waals surface area (Å²) in [6.07, 6.45) is 3.90. The number of nitrogens with zero attached hydrogens (tertiary/aromatic N) is 2. The monoisotopic (exact) mass is 855 g/mol. The van der Waals surface area contributed by atoms with Gasteiger partial charge in [0.15, 0.2) is 0 Å². The first-order valence-corrected chi connectivity index (χ1v) is 23.1. The first kappa shape index (κ1) is 32.9. The van der Waals surface area contributed by atoms with E-state index in [1.807, 2.05) is 54.9 Å². The van der Waals surface area contributed by atoms with E-state index in [4.69, 9.17) is 8.83 Å². The van der Waals surface area contributed by atoms with Crippen molar-refractivity contribution >= 4 is 61.5 Å². The van der Waals surface area contributed by atoms with Crippen LogP contribution in [-0.2, 0) is 20.1 Å². The molecule has 0 unspecified atom stereocenters. The second-order valence-corrected chi connectivity index (χ2v) is 23.8. The normalized spacial score (nSPS) is 11.6. The fraction of sp³-hybridized carbons (Fsp3) is 0.171. The van der Waals surface area contributed by atoms with Crippen molar-refractivity contribution in [3.8, 4) is 22.5 Å². The van der Waals surface area contributed by atoms with Crippen LogP contribution in [-0.4, -0.2) is 23.2 Å². The second-order valence-electron chi connectivity index (χ2n) is 13.2. The molecule has 0 atom stereocenters. The van der Waals surface area contributed by atoms with Gasteiger partial charge in [0, 0.05) is 31.7 Å². The topological polar surface area (TPSA) is 52.1 Å². The predicted molar refractivity (Wildman–Crippen MR) is 193 cm³/mol. The Hall–Kier alpha value is -4.03. The van der Waals surface area contributed by atoms with Crippen molar-refractivity contribution in [1.82, 2.24) is 9.97 Å². The van der Waals surface area contributed by atoms with E-state index in [0.29, 0.717) is 5.92 Å². The second kappa shape index (κ2) is 13.2. The molecule has 6 heteroatoms. The number of furan rings is 2. The minimum atomic E-state index is -1.72. The van der Waals surface area contributed by atoms with Crippen LogP contribution in [0.3, 0.4) is 0 Å². The fourth-order valence-corrected chi connectivity index (χ4v) is 8.02. The molecule has 1 radical (unpaired) electrons. The summed E-state index contributed by atoms with van der Waals surface area (Å²) in [7, 11) is 0. The summed E-state index contributed by atoms with van der Waals surface area (Å²) >= 11 is -1.72. The zero-order valence-corrected chi connectivity index (χ0v) is 31.9. The van der Waals surface area contributed by atoms with E-state index in [9.17, 15) is 0 Å². The molecule has 8 aromatic rings. The van der Waals surface area contributed by atoms with Gasteiger partial charge in [0.25, 0.3) is 0 Å². The van der Waals surface area contributed by atoms with E-state index in [1.54, 1.807) is 0 Å². The number of rotatable bonds is 4. The molecule has 4 aromatic carbocycles. The number of para-hydroxylation sites is 1. The average molecular weight is 854 g/mol. The molecule has 0 aliphatic heterocycles. The van der Waals surface area contributed by atoms with E-state index >= 15 is 0 Å². The van der Waals surface area contributed by atoms with E-state index in [1.165, 1.54) is 15.5 Å². The summed E-state index contributed by atoms with van der Waals surface area (Å²) in [5.74, 6) is 7.55. The van der Waals surface area contributed by atoms with Crippen molar-refractivity contribution in [3.05, 3.63) is 127 Å². The van der Waals surface area contributed by atoms with E-state index in [0.717, 1.165) is 66.4 Å². The predicted octanol–water partition coefficient (Wildman–Crippen LogP) is 10.9. The Labute approximate surface area is 291 Å². The molecule has 4 nitrogen and oxygen atoms in total. The molecule has 0 saturated carbocycles. The number of hydrogen-bond acceptors (Lipinski definition) is 4. The summed E-state index contributed by atoms with van der Waals surface area (Å²) < 4.78 is 14.1. The van der Waals surface area contributed by atoms with Crippen LogP contribution in [0.25, 0.3) is 66.4 Å². The van der Waals surface area contributed by atoms with Gasteiger partial charge in [-0.25, -0.2) is 0 Å². The molecule has 0 aliphatic rings. The van der Waals surface area contributed by atoms with E-state index in [-0.39, 0.29) is 20.1 Å². The molecule has 0 aliphatic carbocycles. The fourth-order valence-electron chi connectivity index (χ4n) is 5.85. The maximum atomic E-state index is 6.43. The van der Waals surface area contributed by atoms with Gasteiger partial charge in [-0.05, 0) is 58.5 Å². The van der Waals surface area contributed by atoms with Crippen molar-refractivity contribution in [2.24, 2.45) is 0 Å². The molecule has 4 aromatic heterocycles. The third-order valence-electron chi connectivity index (χ3n) is 8.48. The van der Waals surface area contributed by atoms with Crippen molar-refractivity contribution in [2.75, 3.05) is 0 Å². The summed E-state index contributed by atoms with van der Waals surface area (Å²) in [4.78, 5) is 9.19. The van der Waals surface area contributed by atoms with Crippen molar-refractivity contribution in [3.63, 3.8) is 0 Å². The number of hydrogen-bond donors (Lipinski definition) is 0. The first-order valence-electron chi connectivity index (χ1n) is 15.8. The summed E-state index contributed by atoms with van der Waals surface area (Å²) in [6.45, 7) is 6.45. The summed E-state index contributed by atoms with van der Waals surface area (Å²) in [5.41, 5.74) is 9.44. The van der Waals surface area contributed by atoms with Gasteiger partial charge < -0.3 is 13.8 Å². The molecule has 47 heavy (non-hydrogen) atoms. The van der Waals surface area contributed by atoms with Crippen molar-refractivity contribution < 1.29 is 28.9 Å². The summed E-state index contributed by atoms with van der Waals surface area (Å²) in [5, 5.41) is 4.28. The first-order chi connectivity index (χ1) is 22.2. The van der Waals surface area contributed by atoms with Gasteiger partial charge in [-0.1, -0.05) is 67.4 Å². The Bertz CT molecular complexity index is 2330. The van der Waals surface area contributed by atoms with Gasteiger partial charge in [-0.15, -0.1) is 0 Å². The van der Waals surface area contributed by atoms with Crippen LogP contribution in [0.4, 0.5) is 0 Å². The number of aromatic nitrogens is 2. The van der Waals surface area contributed by atoms with Crippen LogP contribution >= 0.6 is 0 Å². The third-order valence-corrected chi connectivity index (χ3v) is 12.7. The van der Waals surface area contributed by atoms with Gasteiger partial charge in [-0.2, -0.15) is 0 Å². The van der Waals surface area contributed by atoms with Crippen LogP contribution < -0.4 is 4.40 Å². The van der Waals surface area contributed by atoms with Crippen LogP contribution in [0.5, 0.6) is 0 Å². The molecule has 0 saturated heterocycles. The van der Waals surface area contributed by atoms with Gasteiger partial charge in [0.05, 0.1) is 11.2 Å². The Morgan fingerprint density at radius 3 is 2.26 bits per heavy atom. The quantitative estimate of drug-likeness (QED) is 0.131. The molecule has 8 rings (SSSR count). The van der Waals surface area contributed by atoms with Crippen molar-refractivity contribution in [1.29, 1.82) is 0 Å². The molecular weight excluding hydrogens is 817 g/mol. The smallest absolute Gasteiger partial charge is 0 e. The van der Waals surface area contributed by atoms with E-state index in [2.05, 4.69) is 109 Å². The molecule has 4 heterocycles. The number of aryl methyl sites for hydroxylation is 1. The molecule has 0 fully saturated rings. The van der Waals surface area contributed by atoms with Gasteiger partial charge in [0.2, 0.25) is 0 Å². The molecule has 0 N–H and O–H groups in total. The Morgan fingerprint density at radius 2 is 1.53 bits per heavy atom. The maximum absolute atomic E-state index is 6.43. The number of benzene rings is 4. The third kappa shape index (κ3) is 6.45.